The molecule has 1 N–H and O–H groups in total. The highest BCUT2D eigenvalue weighted by molar-refractivity contribution is 7.99. The molecule has 10 heteroatoms. The van der Waals surface area contributed by atoms with Crippen molar-refractivity contribution in [3.8, 4) is 28.8 Å². The molecule has 0 aliphatic rings. The molecule has 0 atom stereocenters. The smallest absolute Gasteiger partial charge is 0.417 e. The van der Waals surface area contributed by atoms with E-state index in [1.165, 1.54) is 20.3 Å². The number of aromatic nitrogens is 1. The lowest BCUT2D eigenvalue weighted by molar-refractivity contribution is -0.138. The van der Waals surface area contributed by atoms with E-state index in [-0.39, 0.29) is 28.8 Å². The Morgan fingerprint density at radius 3 is 2.41 bits per heavy atom. The number of rotatable bonds is 8. The van der Waals surface area contributed by atoms with Crippen molar-refractivity contribution in [1.29, 1.82) is 5.26 Å². The number of halogens is 3. The SMILES string of the molecule is COc1ccc(-c2cc(C(F)(F)F)c(C#N)c(SCCC(=O)Nc3ccccc3)n2)cc1OC. The zero-order chi connectivity index (χ0) is 24.7. The van der Waals surface area contributed by atoms with Crippen LogP contribution in [0.25, 0.3) is 11.3 Å². The molecule has 1 amide bonds. The van der Waals surface area contributed by atoms with Gasteiger partial charge >= 0.3 is 6.18 Å². The Hall–Kier alpha value is -3.71. The lowest BCUT2D eigenvalue weighted by atomic mass is 10.0. The Kier molecular flexibility index (Phi) is 8.02. The molecule has 0 saturated heterocycles. The van der Waals surface area contributed by atoms with Crippen LogP contribution in [0.3, 0.4) is 0 Å². The first-order valence-electron chi connectivity index (χ1n) is 9.99. The van der Waals surface area contributed by atoms with E-state index in [1.54, 1.807) is 42.5 Å². The zero-order valence-corrected chi connectivity index (χ0v) is 19.1. The van der Waals surface area contributed by atoms with Gasteiger partial charge in [-0.1, -0.05) is 18.2 Å². The summed E-state index contributed by atoms with van der Waals surface area (Å²) in [6, 6.07) is 15.9. The van der Waals surface area contributed by atoms with Crippen LogP contribution in [-0.4, -0.2) is 30.9 Å². The third-order valence-electron chi connectivity index (χ3n) is 4.71. The third-order valence-corrected chi connectivity index (χ3v) is 5.69. The van der Waals surface area contributed by atoms with E-state index in [4.69, 9.17) is 9.47 Å². The molecule has 0 bridgehead atoms. The van der Waals surface area contributed by atoms with Gasteiger partial charge in [0.25, 0.3) is 0 Å². The summed E-state index contributed by atoms with van der Waals surface area (Å²) in [6.45, 7) is 0. The lowest BCUT2D eigenvalue weighted by Gasteiger charge is -2.15. The number of nitrogens with zero attached hydrogens (tertiary/aromatic N) is 2. The van der Waals surface area contributed by atoms with Crippen LogP contribution in [-0.2, 0) is 11.0 Å². The molecule has 3 rings (SSSR count). The minimum Gasteiger partial charge on any atom is -0.493 e. The fourth-order valence-corrected chi connectivity index (χ4v) is 4.03. The molecule has 3 aromatic rings. The number of carbonyl (C=O) groups excluding carboxylic acids is 1. The van der Waals surface area contributed by atoms with Crippen molar-refractivity contribution in [3.63, 3.8) is 0 Å². The summed E-state index contributed by atoms with van der Waals surface area (Å²) in [5, 5.41) is 12.1. The number of nitriles is 1. The maximum absolute atomic E-state index is 13.8. The molecule has 0 radical (unpaired) electrons. The van der Waals surface area contributed by atoms with Gasteiger partial charge in [-0.25, -0.2) is 4.98 Å². The van der Waals surface area contributed by atoms with Gasteiger partial charge in [-0.15, -0.1) is 11.8 Å². The average Bonchev–Trinajstić information content (AvgIpc) is 2.83. The Labute approximate surface area is 198 Å². The number of carbonyl (C=O) groups is 1. The van der Waals surface area contributed by atoms with Crippen LogP contribution in [0, 0.1) is 11.3 Å². The number of benzene rings is 2. The number of anilines is 1. The molecule has 34 heavy (non-hydrogen) atoms. The Morgan fingerprint density at radius 1 is 1.09 bits per heavy atom. The molecule has 0 aliphatic heterocycles. The van der Waals surface area contributed by atoms with Crippen molar-refractivity contribution in [2.24, 2.45) is 0 Å². The van der Waals surface area contributed by atoms with Crippen LogP contribution in [0.2, 0.25) is 0 Å². The predicted octanol–water partition coefficient (Wildman–Crippen LogP) is 5.78. The normalized spacial score (nSPS) is 10.9. The fraction of sp³-hybridized carbons (Fsp3) is 0.208. The lowest BCUT2D eigenvalue weighted by Crippen LogP contribution is -2.13. The fourth-order valence-electron chi connectivity index (χ4n) is 3.09. The summed E-state index contributed by atoms with van der Waals surface area (Å²) >= 11 is 0.917. The van der Waals surface area contributed by atoms with Gasteiger partial charge in [-0.3, -0.25) is 4.79 Å². The molecule has 0 saturated carbocycles. The Morgan fingerprint density at radius 2 is 1.79 bits per heavy atom. The molecular weight excluding hydrogens is 467 g/mol. The number of para-hydroxylation sites is 1. The Bertz CT molecular complexity index is 1210. The summed E-state index contributed by atoms with van der Waals surface area (Å²) in [5.74, 6) is 0.568. The van der Waals surface area contributed by atoms with Gasteiger partial charge in [-0.2, -0.15) is 18.4 Å². The topological polar surface area (TPSA) is 84.2 Å². The number of hydrogen-bond donors (Lipinski definition) is 1. The molecule has 1 heterocycles. The standard InChI is InChI=1S/C24H20F3N3O3S/c1-32-20-9-8-15(12-21(20)33-2)19-13-18(24(25,26)27)17(14-28)23(30-19)34-11-10-22(31)29-16-6-4-3-5-7-16/h3-9,12-13H,10-11H2,1-2H3,(H,29,31). The molecule has 0 aliphatic carbocycles. The van der Waals surface area contributed by atoms with E-state index in [2.05, 4.69) is 10.3 Å². The first-order chi connectivity index (χ1) is 16.3. The van der Waals surface area contributed by atoms with Crippen molar-refractivity contribution in [2.45, 2.75) is 17.6 Å². The highest BCUT2D eigenvalue weighted by Gasteiger charge is 2.36. The number of thioether (sulfide) groups is 1. The van der Waals surface area contributed by atoms with Crippen LogP contribution in [0.1, 0.15) is 17.5 Å². The van der Waals surface area contributed by atoms with Gasteiger partial charge in [-0.05, 0) is 36.4 Å². The second-order valence-electron chi connectivity index (χ2n) is 6.93. The second-order valence-corrected chi connectivity index (χ2v) is 8.01. The third kappa shape index (κ3) is 5.99. The van der Waals surface area contributed by atoms with Gasteiger partial charge in [0.15, 0.2) is 11.5 Å². The van der Waals surface area contributed by atoms with Crippen LogP contribution in [0.5, 0.6) is 11.5 Å². The number of hydrogen-bond acceptors (Lipinski definition) is 6. The van der Waals surface area contributed by atoms with E-state index < -0.39 is 17.3 Å². The number of ether oxygens (including phenoxy) is 2. The van der Waals surface area contributed by atoms with E-state index in [9.17, 15) is 23.2 Å². The van der Waals surface area contributed by atoms with Crippen molar-refractivity contribution in [1.82, 2.24) is 4.98 Å². The number of methoxy groups -OCH3 is 2. The quantitative estimate of drug-likeness (QED) is 0.406. The van der Waals surface area contributed by atoms with Crippen LogP contribution >= 0.6 is 11.8 Å². The van der Waals surface area contributed by atoms with Gasteiger partial charge in [0.1, 0.15) is 11.1 Å². The number of amides is 1. The summed E-state index contributed by atoms with van der Waals surface area (Å²) in [6.07, 6.45) is -4.74. The molecule has 1 aromatic heterocycles. The van der Waals surface area contributed by atoms with Crippen molar-refractivity contribution >= 4 is 23.4 Å². The largest absolute Gasteiger partial charge is 0.493 e. The molecule has 6 nitrogen and oxygen atoms in total. The van der Waals surface area contributed by atoms with Gasteiger partial charge < -0.3 is 14.8 Å². The van der Waals surface area contributed by atoms with Crippen LogP contribution < -0.4 is 14.8 Å². The maximum Gasteiger partial charge on any atom is 0.417 e. The van der Waals surface area contributed by atoms with Gasteiger partial charge in [0, 0.05) is 23.4 Å². The van der Waals surface area contributed by atoms with Crippen LogP contribution in [0.4, 0.5) is 18.9 Å². The Balaban J connectivity index is 1.90. The minimum atomic E-state index is -4.76. The highest BCUT2D eigenvalue weighted by Crippen LogP contribution is 2.39. The van der Waals surface area contributed by atoms with E-state index in [1.807, 2.05) is 6.07 Å². The van der Waals surface area contributed by atoms with Gasteiger partial charge in [0.2, 0.25) is 5.91 Å². The molecule has 0 fully saturated rings. The first-order valence-corrected chi connectivity index (χ1v) is 11.0. The maximum atomic E-state index is 13.8. The summed E-state index contributed by atoms with van der Waals surface area (Å²) in [5.41, 5.74) is -0.681. The number of pyridine rings is 1. The number of nitrogens with one attached hydrogen (secondary N) is 1. The molecule has 2 aromatic carbocycles. The molecular formula is C24H20F3N3O3S. The number of alkyl halides is 3. The van der Waals surface area contributed by atoms with E-state index >= 15 is 0 Å². The summed E-state index contributed by atoms with van der Waals surface area (Å²) in [7, 11) is 2.86. The van der Waals surface area contributed by atoms with E-state index in [0.717, 1.165) is 17.8 Å². The second kappa shape index (κ2) is 10.9. The van der Waals surface area contributed by atoms with Crippen molar-refractivity contribution in [2.75, 3.05) is 25.3 Å². The zero-order valence-electron chi connectivity index (χ0n) is 18.3. The highest BCUT2D eigenvalue weighted by atomic mass is 32.2. The first kappa shape index (κ1) is 24.9. The predicted molar refractivity (Wildman–Crippen MR) is 123 cm³/mol. The van der Waals surface area contributed by atoms with Crippen molar-refractivity contribution < 1.29 is 27.4 Å². The van der Waals surface area contributed by atoms with Gasteiger partial charge in [0.05, 0.1) is 31.0 Å². The average molecular weight is 488 g/mol. The minimum absolute atomic E-state index is 0.0171. The van der Waals surface area contributed by atoms with Crippen molar-refractivity contribution in [3.05, 3.63) is 65.7 Å². The monoisotopic (exact) mass is 487 g/mol. The summed E-state index contributed by atoms with van der Waals surface area (Å²) in [4.78, 5) is 16.5. The van der Waals surface area contributed by atoms with Crippen LogP contribution in [0.15, 0.2) is 59.6 Å². The van der Waals surface area contributed by atoms with E-state index in [0.29, 0.717) is 22.7 Å². The summed E-state index contributed by atoms with van der Waals surface area (Å²) < 4.78 is 51.7. The molecule has 0 spiro atoms. The molecule has 176 valence electrons. The molecule has 0 unspecified atom stereocenters.